The van der Waals surface area contributed by atoms with Gasteiger partial charge in [0.1, 0.15) is 5.69 Å². The molecule has 0 spiro atoms. The molecule has 51 heavy (non-hydrogen) atoms. The SMILES string of the molecule is O=C(NCc1ccc([C@@H]2O[C@H](CN3CCC(n4c(=O)[nH]c5ccccc54)CC3)C[C@H](c3ccc(CO)cc3)O2)cc1)c1cnc2ccccc2n1. The van der Waals surface area contributed by atoms with Crippen molar-refractivity contribution in [2.24, 2.45) is 0 Å². The number of hydrogen-bond acceptors (Lipinski definition) is 8. The lowest BCUT2D eigenvalue weighted by Crippen LogP contribution is -2.43. The molecule has 2 saturated heterocycles. The summed E-state index contributed by atoms with van der Waals surface area (Å²) in [5.41, 5.74) is 7.19. The van der Waals surface area contributed by atoms with Crippen LogP contribution in [0.5, 0.6) is 0 Å². The van der Waals surface area contributed by atoms with E-state index in [1.54, 1.807) is 0 Å². The molecule has 4 heterocycles. The molecular formula is C40H40N6O5. The molecule has 2 aromatic heterocycles. The van der Waals surface area contributed by atoms with Crippen LogP contribution < -0.4 is 11.0 Å². The summed E-state index contributed by atoms with van der Waals surface area (Å²) < 4.78 is 15.1. The van der Waals surface area contributed by atoms with Gasteiger partial charge in [-0.15, -0.1) is 0 Å². The van der Waals surface area contributed by atoms with E-state index in [1.165, 1.54) is 6.20 Å². The molecule has 3 N–H and O–H groups in total. The maximum absolute atomic E-state index is 12.8. The highest BCUT2D eigenvalue weighted by molar-refractivity contribution is 5.93. The second-order valence-electron chi connectivity index (χ2n) is 13.4. The van der Waals surface area contributed by atoms with Crippen molar-refractivity contribution in [1.29, 1.82) is 0 Å². The van der Waals surface area contributed by atoms with Crippen molar-refractivity contribution < 1.29 is 19.4 Å². The number of carbonyl (C=O) groups excluding carboxylic acids is 1. The topological polar surface area (TPSA) is 135 Å². The van der Waals surface area contributed by atoms with Crippen LogP contribution in [0.3, 0.4) is 0 Å². The summed E-state index contributed by atoms with van der Waals surface area (Å²) in [6.07, 6.45) is 3.10. The van der Waals surface area contributed by atoms with E-state index in [9.17, 15) is 14.7 Å². The van der Waals surface area contributed by atoms with E-state index in [-0.39, 0.29) is 42.1 Å². The van der Waals surface area contributed by atoms with Crippen molar-refractivity contribution in [2.45, 2.75) is 57.0 Å². The van der Waals surface area contributed by atoms with Crippen molar-refractivity contribution in [3.63, 3.8) is 0 Å². The van der Waals surface area contributed by atoms with Crippen molar-refractivity contribution >= 4 is 28.0 Å². The fourth-order valence-corrected chi connectivity index (χ4v) is 7.25. The zero-order chi connectivity index (χ0) is 34.7. The Morgan fingerprint density at radius 2 is 1.57 bits per heavy atom. The predicted octanol–water partition coefficient (Wildman–Crippen LogP) is 5.58. The number of rotatable bonds is 9. The van der Waals surface area contributed by atoms with Crippen LogP contribution in [-0.4, -0.2) is 61.2 Å². The molecule has 0 radical (unpaired) electrons. The molecule has 0 aliphatic carbocycles. The third-order valence-corrected chi connectivity index (χ3v) is 10.0. The number of carbonyl (C=O) groups is 1. The zero-order valence-corrected chi connectivity index (χ0v) is 28.2. The number of para-hydroxylation sites is 4. The highest BCUT2D eigenvalue weighted by Gasteiger charge is 2.34. The lowest BCUT2D eigenvalue weighted by atomic mass is 9.98. The van der Waals surface area contributed by atoms with Crippen LogP contribution >= 0.6 is 0 Å². The monoisotopic (exact) mass is 684 g/mol. The number of nitrogens with one attached hydrogen (secondary N) is 2. The van der Waals surface area contributed by atoms with E-state index in [0.29, 0.717) is 18.5 Å². The first-order chi connectivity index (χ1) is 25.0. The Balaban J connectivity index is 0.932. The smallest absolute Gasteiger partial charge is 0.326 e. The Labute approximate surface area is 294 Å². The Bertz CT molecular complexity index is 2190. The number of aliphatic hydroxyl groups excluding tert-OH is 1. The van der Waals surface area contributed by atoms with Crippen LogP contribution in [0.15, 0.2) is 108 Å². The lowest BCUT2D eigenvalue weighted by Gasteiger charge is -2.40. The van der Waals surface area contributed by atoms with Crippen molar-refractivity contribution in [3.8, 4) is 0 Å². The minimum atomic E-state index is -0.579. The molecule has 0 unspecified atom stereocenters. The first kappa shape index (κ1) is 33.0. The van der Waals surface area contributed by atoms with Crippen LogP contribution in [0.4, 0.5) is 0 Å². The number of H-pyrrole nitrogens is 1. The second kappa shape index (κ2) is 14.6. The van der Waals surface area contributed by atoms with Crippen LogP contribution in [0.1, 0.15) is 70.4 Å². The highest BCUT2D eigenvalue weighted by atomic mass is 16.7. The summed E-state index contributed by atoms with van der Waals surface area (Å²) in [4.78, 5) is 39.9. The number of ether oxygens (including phenoxy) is 2. The summed E-state index contributed by atoms with van der Waals surface area (Å²) in [5, 5.41) is 12.5. The minimum Gasteiger partial charge on any atom is -0.392 e. The number of aromatic amines is 1. The van der Waals surface area contributed by atoms with Gasteiger partial charge in [0.15, 0.2) is 6.29 Å². The number of likely N-dealkylation sites (tertiary alicyclic amines) is 1. The molecule has 6 aromatic rings. The average molecular weight is 685 g/mol. The van der Waals surface area contributed by atoms with E-state index < -0.39 is 6.29 Å². The number of imidazole rings is 1. The largest absolute Gasteiger partial charge is 0.392 e. The van der Waals surface area contributed by atoms with Gasteiger partial charge < -0.3 is 29.8 Å². The Morgan fingerprint density at radius 3 is 2.35 bits per heavy atom. The third kappa shape index (κ3) is 7.19. The van der Waals surface area contributed by atoms with Gasteiger partial charge in [0.25, 0.3) is 5.91 Å². The first-order valence-corrected chi connectivity index (χ1v) is 17.5. The van der Waals surface area contributed by atoms with Gasteiger partial charge in [-0.25, -0.2) is 9.78 Å². The molecule has 8 rings (SSSR count). The normalized spacial score (nSPS) is 20.1. The molecule has 2 fully saturated rings. The standard InChI is InChI=1S/C40H40N6O5/c47-25-27-11-13-28(14-12-27)37-21-31(24-45-19-17-30(18-20-45)46-36-8-4-3-7-34(36)44-40(46)49)50-39(51-37)29-15-9-26(10-16-29)22-42-38(48)35-23-41-32-5-1-2-6-33(32)43-35/h1-16,23,30-31,37,39,47H,17-22,24-25H2,(H,42,48)(H,44,49)/t31-,37+,39+/m0/s1. The molecule has 0 saturated carbocycles. The van der Waals surface area contributed by atoms with Gasteiger partial charge in [0.2, 0.25) is 0 Å². The van der Waals surface area contributed by atoms with E-state index in [2.05, 4.69) is 25.2 Å². The fourth-order valence-electron chi connectivity index (χ4n) is 7.25. The number of aromatic nitrogens is 4. The fraction of sp³-hybridized carbons (Fsp3) is 0.300. The Hall–Kier alpha value is -5.20. The molecule has 4 aromatic carbocycles. The van der Waals surface area contributed by atoms with Gasteiger partial charge in [-0.1, -0.05) is 72.8 Å². The molecule has 0 bridgehead atoms. The summed E-state index contributed by atoms with van der Waals surface area (Å²) in [7, 11) is 0. The molecule has 11 heteroatoms. The summed E-state index contributed by atoms with van der Waals surface area (Å²) >= 11 is 0. The molecule has 1 amide bonds. The summed E-state index contributed by atoms with van der Waals surface area (Å²) in [6.45, 7) is 2.81. The number of amides is 1. The number of piperidine rings is 1. The summed E-state index contributed by atoms with van der Waals surface area (Å²) in [6, 6.07) is 31.3. The minimum absolute atomic E-state index is 0.0107. The summed E-state index contributed by atoms with van der Waals surface area (Å²) in [5.74, 6) is -0.285. The molecule has 260 valence electrons. The van der Waals surface area contributed by atoms with E-state index >= 15 is 0 Å². The van der Waals surface area contributed by atoms with Crippen molar-refractivity contribution in [3.05, 3.63) is 142 Å². The van der Waals surface area contributed by atoms with E-state index in [4.69, 9.17) is 9.47 Å². The van der Waals surface area contributed by atoms with Crippen LogP contribution in [0, 0.1) is 0 Å². The Kier molecular flexibility index (Phi) is 9.42. The van der Waals surface area contributed by atoms with Gasteiger partial charge >= 0.3 is 5.69 Å². The Morgan fingerprint density at radius 1 is 0.863 bits per heavy atom. The number of hydrogen-bond donors (Lipinski definition) is 3. The molecule has 2 aliphatic rings. The van der Waals surface area contributed by atoms with Gasteiger partial charge in [-0.2, -0.15) is 0 Å². The second-order valence-corrected chi connectivity index (χ2v) is 13.4. The predicted molar refractivity (Wildman–Crippen MR) is 193 cm³/mol. The van der Waals surface area contributed by atoms with Crippen molar-refractivity contribution in [1.82, 2.24) is 29.7 Å². The molecule has 2 aliphatic heterocycles. The van der Waals surface area contributed by atoms with Crippen LogP contribution in [0.2, 0.25) is 0 Å². The first-order valence-electron chi connectivity index (χ1n) is 17.5. The maximum Gasteiger partial charge on any atom is 0.326 e. The molecule has 11 nitrogen and oxygen atoms in total. The molecular weight excluding hydrogens is 644 g/mol. The van der Waals surface area contributed by atoms with Crippen LogP contribution in [-0.2, 0) is 22.6 Å². The van der Waals surface area contributed by atoms with Gasteiger partial charge in [0, 0.05) is 44.2 Å². The number of nitrogens with zero attached hydrogens (tertiary/aromatic N) is 4. The van der Waals surface area contributed by atoms with E-state index in [1.807, 2.05) is 102 Å². The van der Waals surface area contributed by atoms with Gasteiger partial charge in [0.05, 0.1) is 47.1 Å². The van der Waals surface area contributed by atoms with E-state index in [0.717, 1.165) is 71.3 Å². The van der Waals surface area contributed by atoms with Crippen molar-refractivity contribution in [2.75, 3.05) is 19.6 Å². The quantitative estimate of drug-likeness (QED) is 0.180. The zero-order valence-electron chi connectivity index (χ0n) is 28.2. The average Bonchev–Trinajstić information content (AvgIpc) is 3.52. The number of fused-ring (bicyclic) bond motifs is 2. The lowest BCUT2D eigenvalue weighted by molar-refractivity contribution is -0.253. The van der Waals surface area contributed by atoms with Gasteiger partial charge in [-0.05, 0) is 53.8 Å². The highest BCUT2D eigenvalue weighted by Crippen LogP contribution is 2.38. The number of aliphatic hydroxyl groups is 1. The van der Waals surface area contributed by atoms with Crippen LogP contribution in [0.25, 0.3) is 22.1 Å². The number of benzene rings is 4. The molecule has 3 atom stereocenters. The third-order valence-electron chi connectivity index (χ3n) is 10.0. The maximum atomic E-state index is 12.8. The van der Waals surface area contributed by atoms with Gasteiger partial charge in [-0.3, -0.25) is 14.3 Å².